The van der Waals surface area contributed by atoms with E-state index in [1.165, 1.54) is 4.90 Å². The van der Waals surface area contributed by atoms with Crippen molar-refractivity contribution < 1.29 is 33.4 Å². The Labute approximate surface area is 270 Å². The first kappa shape index (κ1) is 34.0. The summed E-state index contributed by atoms with van der Waals surface area (Å²) in [5.41, 5.74) is 4.55. The molecule has 1 atom stereocenters. The molecule has 46 heavy (non-hydrogen) atoms. The van der Waals surface area contributed by atoms with Crippen LogP contribution in [0.2, 0.25) is 0 Å². The molecule has 0 heterocycles. The molecule has 2 N–H and O–H groups in total. The fourth-order valence-electron chi connectivity index (χ4n) is 5.46. The number of carbonyl (C=O) groups is 4. The van der Waals surface area contributed by atoms with Gasteiger partial charge in [-0.1, -0.05) is 78.9 Å². The van der Waals surface area contributed by atoms with Crippen molar-refractivity contribution >= 4 is 24.1 Å². The summed E-state index contributed by atoms with van der Waals surface area (Å²) in [6, 6.07) is 24.4. The Morgan fingerprint density at radius 3 is 2.04 bits per heavy atom. The predicted molar refractivity (Wildman–Crippen MR) is 174 cm³/mol. The average Bonchev–Trinajstić information content (AvgIpc) is 3.34. The fraction of sp³-hybridized carbons (Fsp3) is 0.389. The highest BCUT2D eigenvalue weighted by Crippen LogP contribution is 2.44. The zero-order chi connectivity index (χ0) is 33.1. The highest BCUT2D eigenvalue weighted by atomic mass is 16.6. The van der Waals surface area contributed by atoms with Crippen LogP contribution in [0.5, 0.6) is 0 Å². The van der Waals surface area contributed by atoms with Gasteiger partial charge in [0.15, 0.2) is 0 Å². The molecule has 0 bridgehead atoms. The van der Waals surface area contributed by atoms with E-state index >= 15 is 0 Å². The molecule has 0 fully saturated rings. The summed E-state index contributed by atoms with van der Waals surface area (Å²) in [6.07, 6.45) is -0.791. The van der Waals surface area contributed by atoms with Crippen LogP contribution in [0.3, 0.4) is 0 Å². The monoisotopic (exact) mass is 629 g/mol. The second-order valence-electron chi connectivity index (χ2n) is 12.1. The number of rotatable bonds is 13. The van der Waals surface area contributed by atoms with Gasteiger partial charge in [-0.15, -0.1) is 0 Å². The van der Waals surface area contributed by atoms with E-state index in [2.05, 4.69) is 22.8 Å². The van der Waals surface area contributed by atoms with Crippen molar-refractivity contribution in [1.82, 2.24) is 15.5 Å². The number of carbonyl (C=O) groups excluding carboxylic acids is 4. The van der Waals surface area contributed by atoms with Crippen LogP contribution in [0, 0.1) is 0 Å². The smallest absolute Gasteiger partial charge is 0.407 e. The van der Waals surface area contributed by atoms with Crippen molar-refractivity contribution in [2.75, 3.05) is 32.8 Å². The van der Waals surface area contributed by atoms with Gasteiger partial charge in [-0.2, -0.15) is 0 Å². The number of hydrogen-bond donors (Lipinski definition) is 2. The van der Waals surface area contributed by atoms with Crippen molar-refractivity contribution in [1.29, 1.82) is 0 Å². The number of benzene rings is 3. The topological polar surface area (TPSA) is 123 Å². The molecule has 0 unspecified atom stereocenters. The molecule has 0 saturated carbocycles. The summed E-state index contributed by atoms with van der Waals surface area (Å²) in [6.45, 7) is 7.27. The first-order valence-electron chi connectivity index (χ1n) is 15.6. The lowest BCUT2D eigenvalue weighted by Gasteiger charge is -2.27. The van der Waals surface area contributed by atoms with Crippen LogP contribution >= 0.6 is 0 Å². The van der Waals surface area contributed by atoms with Crippen LogP contribution in [0.1, 0.15) is 56.7 Å². The van der Waals surface area contributed by atoms with E-state index in [9.17, 15) is 19.2 Å². The maximum atomic E-state index is 14.0. The van der Waals surface area contributed by atoms with E-state index in [0.29, 0.717) is 6.42 Å². The van der Waals surface area contributed by atoms with E-state index in [1.807, 2.05) is 66.7 Å². The molecule has 1 aliphatic rings. The molecule has 0 radical (unpaired) electrons. The van der Waals surface area contributed by atoms with Gasteiger partial charge in [0.25, 0.3) is 0 Å². The normalized spacial score (nSPS) is 12.7. The van der Waals surface area contributed by atoms with Gasteiger partial charge >= 0.3 is 18.2 Å². The molecular weight excluding hydrogens is 586 g/mol. The van der Waals surface area contributed by atoms with Gasteiger partial charge in [0, 0.05) is 25.4 Å². The minimum absolute atomic E-state index is 0.0922. The standard InChI is InChI=1S/C36H43N3O7/c1-5-44-32(40)23-39(21-13-20-37-34(42)46-36(2,3)4)33(41)31(22-25-14-7-6-8-15-25)38-35(43)45-24-30-28-18-11-9-16-26(28)27-17-10-12-19-29(27)30/h6-12,14-19,30-31H,5,13,20-24H2,1-4H3,(H,37,42)(H,38,43)/t31-/m0/s1. The molecule has 4 rings (SSSR count). The second kappa shape index (κ2) is 15.9. The zero-order valence-corrected chi connectivity index (χ0v) is 26.9. The third-order valence-corrected chi connectivity index (χ3v) is 7.43. The van der Waals surface area contributed by atoms with Crippen LogP contribution in [-0.2, 0) is 30.2 Å². The van der Waals surface area contributed by atoms with Crippen molar-refractivity contribution in [3.63, 3.8) is 0 Å². The van der Waals surface area contributed by atoms with Gasteiger partial charge in [0.1, 0.15) is 24.8 Å². The second-order valence-corrected chi connectivity index (χ2v) is 12.1. The van der Waals surface area contributed by atoms with E-state index in [-0.39, 0.29) is 45.2 Å². The first-order valence-corrected chi connectivity index (χ1v) is 15.6. The van der Waals surface area contributed by atoms with Crippen LogP contribution in [0.15, 0.2) is 78.9 Å². The quantitative estimate of drug-likeness (QED) is 0.147. The lowest BCUT2D eigenvalue weighted by Crippen LogP contribution is -2.51. The lowest BCUT2D eigenvalue weighted by molar-refractivity contribution is -0.149. The van der Waals surface area contributed by atoms with Gasteiger partial charge in [-0.05, 0) is 61.9 Å². The fourth-order valence-corrected chi connectivity index (χ4v) is 5.46. The lowest BCUT2D eigenvalue weighted by atomic mass is 9.98. The Kier molecular flexibility index (Phi) is 11.8. The molecule has 3 aromatic rings. The number of nitrogens with zero attached hydrogens (tertiary/aromatic N) is 1. The molecule has 10 heteroatoms. The largest absolute Gasteiger partial charge is 0.465 e. The molecule has 244 valence electrons. The Bertz CT molecular complexity index is 1460. The Morgan fingerprint density at radius 1 is 0.826 bits per heavy atom. The molecule has 0 saturated heterocycles. The van der Waals surface area contributed by atoms with Crippen molar-refractivity contribution in [3.8, 4) is 11.1 Å². The molecule has 0 spiro atoms. The van der Waals surface area contributed by atoms with Gasteiger partial charge in [0.05, 0.1) is 6.61 Å². The Balaban J connectivity index is 1.46. The van der Waals surface area contributed by atoms with Crippen LogP contribution in [0.25, 0.3) is 11.1 Å². The summed E-state index contributed by atoms with van der Waals surface area (Å²) in [4.78, 5) is 53.1. The zero-order valence-electron chi connectivity index (χ0n) is 26.9. The minimum atomic E-state index is -1.02. The number of amides is 3. The molecule has 10 nitrogen and oxygen atoms in total. The molecule has 3 amide bonds. The van der Waals surface area contributed by atoms with E-state index in [4.69, 9.17) is 14.2 Å². The molecule has 1 aliphatic carbocycles. The Morgan fingerprint density at radius 2 is 1.43 bits per heavy atom. The van der Waals surface area contributed by atoms with Crippen LogP contribution < -0.4 is 10.6 Å². The number of ether oxygens (including phenoxy) is 3. The minimum Gasteiger partial charge on any atom is -0.465 e. The van der Waals surface area contributed by atoms with Gasteiger partial charge in [0.2, 0.25) is 5.91 Å². The highest BCUT2D eigenvalue weighted by molar-refractivity contribution is 5.89. The molecule has 0 aromatic heterocycles. The highest BCUT2D eigenvalue weighted by Gasteiger charge is 2.31. The summed E-state index contributed by atoms with van der Waals surface area (Å²) in [5.74, 6) is -1.18. The third-order valence-electron chi connectivity index (χ3n) is 7.43. The summed E-state index contributed by atoms with van der Waals surface area (Å²) in [7, 11) is 0. The molecule has 3 aromatic carbocycles. The van der Waals surface area contributed by atoms with Crippen LogP contribution in [-0.4, -0.2) is 73.5 Å². The van der Waals surface area contributed by atoms with E-state index < -0.39 is 35.7 Å². The third kappa shape index (κ3) is 9.57. The van der Waals surface area contributed by atoms with Crippen molar-refractivity contribution in [3.05, 3.63) is 95.6 Å². The SMILES string of the molecule is CCOC(=O)CN(CCCNC(=O)OC(C)(C)C)C(=O)[C@H](Cc1ccccc1)NC(=O)OCC1c2ccccc2-c2ccccc21. The van der Waals surface area contributed by atoms with Gasteiger partial charge in [-0.25, -0.2) is 9.59 Å². The molecule has 0 aliphatic heterocycles. The van der Waals surface area contributed by atoms with Gasteiger partial charge < -0.3 is 29.7 Å². The average molecular weight is 630 g/mol. The number of nitrogens with one attached hydrogen (secondary N) is 2. The summed E-state index contributed by atoms with van der Waals surface area (Å²) >= 11 is 0. The van der Waals surface area contributed by atoms with Gasteiger partial charge in [-0.3, -0.25) is 9.59 Å². The Hall–Kier alpha value is -4.86. The molecular formula is C36H43N3O7. The summed E-state index contributed by atoms with van der Waals surface area (Å²) in [5, 5.41) is 5.43. The maximum Gasteiger partial charge on any atom is 0.407 e. The summed E-state index contributed by atoms with van der Waals surface area (Å²) < 4.78 is 16.1. The number of fused-ring (bicyclic) bond motifs is 3. The number of hydrogen-bond acceptors (Lipinski definition) is 7. The number of esters is 1. The van der Waals surface area contributed by atoms with E-state index in [0.717, 1.165) is 27.8 Å². The van der Waals surface area contributed by atoms with E-state index in [1.54, 1.807) is 27.7 Å². The number of alkyl carbamates (subject to hydrolysis) is 2. The van der Waals surface area contributed by atoms with Crippen molar-refractivity contribution in [2.24, 2.45) is 0 Å². The van der Waals surface area contributed by atoms with Crippen LogP contribution in [0.4, 0.5) is 9.59 Å². The van der Waals surface area contributed by atoms with Crippen molar-refractivity contribution in [2.45, 2.75) is 58.1 Å². The maximum absolute atomic E-state index is 14.0. The predicted octanol–water partition coefficient (Wildman–Crippen LogP) is 5.44. The first-order chi connectivity index (χ1) is 22.1.